The van der Waals surface area contributed by atoms with E-state index in [1.165, 1.54) is 18.2 Å². The highest BCUT2D eigenvalue weighted by Gasteiger charge is 2.37. The predicted molar refractivity (Wildman–Crippen MR) is 93.8 cm³/mol. The number of rotatable bonds is 3. The first-order valence-corrected chi connectivity index (χ1v) is 8.06. The minimum atomic E-state index is -4.66. The number of hydrogen-bond donors (Lipinski definition) is 1. The molecule has 0 spiro atoms. The zero-order chi connectivity index (χ0) is 18.9. The van der Waals surface area contributed by atoms with Crippen molar-refractivity contribution in [1.82, 2.24) is 10.3 Å². The van der Waals surface area contributed by atoms with Crippen LogP contribution in [0, 0.1) is 13.8 Å². The van der Waals surface area contributed by atoms with Gasteiger partial charge in [0.2, 0.25) is 0 Å². The van der Waals surface area contributed by atoms with Crippen molar-refractivity contribution in [2.45, 2.75) is 26.6 Å². The molecule has 0 saturated carbocycles. The van der Waals surface area contributed by atoms with Gasteiger partial charge < -0.3 is 5.32 Å². The quantitative estimate of drug-likeness (QED) is 0.731. The van der Waals surface area contributed by atoms with Gasteiger partial charge in [0.1, 0.15) is 0 Å². The summed E-state index contributed by atoms with van der Waals surface area (Å²) in [4.78, 5) is 16.5. The van der Waals surface area contributed by atoms with Gasteiger partial charge in [-0.2, -0.15) is 13.2 Å². The summed E-state index contributed by atoms with van der Waals surface area (Å²) in [5, 5.41) is 2.49. The average Bonchev–Trinajstić information content (AvgIpc) is 2.58. The molecule has 1 N–H and O–H groups in total. The van der Waals surface area contributed by atoms with Crippen molar-refractivity contribution in [3.63, 3.8) is 0 Å². The summed E-state index contributed by atoms with van der Waals surface area (Å²) in [7, 11) is 0. The maximum Gasteiger partial charge on any atom is 0.417 e. The summed E-state index contributed by atoms with van der Waals surface area (Å²) < 4.78 is 40.8. The second kappa shape index (κ2) is 6.78. The van der Waals surface area contributed by atoms with Crippen LogP contribution in [0.3, 0.4) is 0 Å². The van der Waals surface area contributed by atoms with Gasteiger partial charge >= 0.3 is 6.18 Å². The van der Waals surface area contributed by atoms with Crippen LogP contribution in [-0.4, -0.2) is 10.9 Å². The van der Waals surface area contributed by atoms with Crippen molar-refractivity contribution in [2.24, 2.45) is 0 Å². The fourth-order valence-corrected chi connectivity index (χ4v) is 2.93. The number of carbonyl (C=O) groups is 1. The summed E-state index contributed by atoms with van der Waals surface area (Å²) in [5.74, 6) is -0.796. The number of pyridine rings is 1. The SMILES string of the molecule is Cc1ccc(CNC(=O)c2cnc3ccccc3c2C(F)(F)F)c(C)c1. The number of benzene rings is 2. The van der Waals surface area contributed by atoms with Crippen molar-refractivity contribution in [1.29, 1.82) is 0 Å². The Balaban J connectivity index is 1.95. The highest BCUT2D eigenvalue weighted by Crippen LogP contribution is 2.36. The summed E-state index contributed by atoms with van der Waals surface area (Å²) >= 11 is 0. The molecule has 1 aromatic heterocycles. The Kier molecular flexibility index (Phi) is 4.68. The lowest BCUT2D eigenvalue weighted by atomic mass is 10.0. The van der Waals surface area contributed by atoms with Gasteiger partial charge in [0, 0.05) is 18.1 Å². The van der Waals surface area contributed by atoms with E-state index in [1.54, 1.807) is 6.07 Å². The molecule has 3 aromatic rings. The average molecular weight is 358 g/mol. The Morgan fingerprint density at radius 2 is 1.85 bits per heavy atom. The highest BCUT2D eigenvalue weighted by molar-refractivity contribution is 6.00. The number of halogens is 3. The van der Waals surface area contributed by atoms with Gasteiger partial charge in [-0.25, -0.2) is 0 Å². The summed E-state index contributed by atoms with van der Waals surface area (Å²) in [6.45, 7) is 3.99. The molecule has 0 fully saturated rings. The summed E-state index contributed by atoms with van der Waals surface area (Å²) in [6, 6.07) is 11.6. The molecule has 134 valence electrons. The molecule has 0 bridgehead atoms. The molecule has 0 aliphatic carbocycles. The molecule has 0 aliphatic rings. The lowest BCUT2D eigenvalue weighted by Crippen LogP contribution is -2.26. The summed E-state index contributed by atoms with van der Waals surface area (Å²) in [6.07, 6.45) is -3.67. The Morgan fingerprint density at radius 3 is 2.54 bits per heavy atom. The van der Waals surface area contributed by atoms with Crippen molar-refractivity contribution < 1.29 is 18.0 Å². The van der Waals surface area contributed by atoms with E-state index in [0.29, 0.717) is 0 Å². The maximum atomic E-state index is 13.6. The molecule has 0 unspecified atom stereocenters. The smallest absolute Gasteiger partial charge is 0.348 e. The molecule has 1 amide bonds. The number of hydrogen-bond acceptors (Lipinski definition) is 2. The van der Waals surface area contributed by atoms with Gasteiger partial charge in [-0.15, -0.1) is 0 Å². The van der Waals surface area contributed by atoms with E-state index in [1.807, 2.05) is 32.0 Å². The fourth-order valence-electron chi connectivity index (χ4n) is 2.93. The van der Waals surface area contributed by atoms with Gasteiger partial charge in [0.05, 0.1) is 16.6 Å². The number of aromatic nitrogens is 1. The van der Waals surface area contributed by atoms with E-state index < -0.39 is 23.2 Å². The van der Waals surface area contributed by atoms with E-state index >= 15 is 0 Å². The number of carbonyl (C=O) groups excluding carboxylic acids is 1. The Morgan fingerprint density at radius 1 is 1.12 bits per heavy atom. The first kappa shape index (κ1) is 17.9. The Bertz CT molecular complexity index is 980. The number of nitrogens with zero attached hydrogens (tertiary/aromatic N) is 1. The second-order valence-corrected chi connectivity index (χ2v) is 6.17. The Hall–Kier alpha value is -2.89. The lowest BCUT2D eigenvalue weighted by molar-refractivity contribution is -0.136. The van der Waals surface area contributed by atoms with Crippen molar-refractivity contribution in [2.75, 3.05) is 0 Å². The molecule has 6 heteroatoms. The number of nitrogens with one attached hydrogen (secondary N) is 1. The zero-order valence-corrected chi connectivity index (χ0v) is 14.3. The van der Waals surface area contributed by atoms with Gasteiger partial charge in [0.15, 0.2) is 0 Å². The maximum absolute atomic E-state index is 13.6. The first-order valence-electron chi connectivity index (χ1n) is 8.06. The molecule has 0 aliphatic heterocycles. The van der Waals surface area contributed by atoms with Crippen LogP contribution in [0.5, 0.6) is 0 Å². The van der Waals surface area contributed by atoms with Crippen molar-refractivity contribution >= 4 is 16.8 Å². The third-order valence-corrected chi connectivity index (χ3v) is 4.24. The lowest BCUT2D eigenvalue weighted by Gasteiger charge is -2.15. The topological polar surface area (TPSA) is 42.0 Å². The van der Waals surface area contributed by atoms with E-state index in [9.17, 15) is 18.0 Å². The normalized spacial score (nSPS) is 11.6. The third-order valence-electron chi connectivity index (χ3n) is 4.24. The molecular formula is C20H17F3N2O. The minimum Gasteiger partial charge on any atom is -0.348 e. The van der Waals surface area contributed by atoms with Gasteiger partial charge in [0.25, 0.3) is 5.91 Å². The van der Waals surface area contributed by atoms with E-state index in [2.05, 4.69) is 10.3 Å². The predicted octanol–water partition coefficient (Wildman–Crippen LogP) is 4.80. The molecular weight excluding hydrogens is 341 g/mol. The largest absolute Gasteiger partial charge is 0.417 e. The second-order valence-electron chi connectivity index (χ2n) is 6.17. The molecule has 2 aromatic carbocycles. The van der Waals surface area contributed by atoms with Gasteiger partial charge in [-0.3, -0.25) is 9.78 Å². The standard InChI is InChI=1S/C20H17F3N2O/c1-12-7-8-14(13(2)9-12)10-25-19(26)16-11-24-17-6-4-3-5-15(17)18(16)20(21,22)23/h3-9,11H,10H2,1-2H3,(H,25,26). The highest BCUT2D eigenvalue weighted by atomic mass is 19.4. The number of para-hydroxylation sites is 1. The van der Waals surface area contributed by atoms with E-state index in [0.717, 1.165) is 22.9 Å². The molecule has 3 rings (SSSR count). The number of fused-ring (bicyclic) bond motifs is 1. The van der Waals surface area contributed by atoms with Crippen molar-refractivity contribution in [3.05, 3.63) is 76.5 Å². The van der Waals surface area contributed by atoms with Gasteiger partial charge in [-0.05, 0) is 31.0 Å². The monoisotopic (exact) mass is 358 g/mol. The van der Waals surface area contributed by atoms with Crippen LogP contribution in [0.15, 0.2) is 48.7 Å². The number of alkyl halides is 3. The van der Waals surface area contributed by atoms with E-state index in [4.69, 9.17) is 0 Å². The van der Waals surface area contributed by atoms with Crippen LogP contribution in [0.1, 0.15) is 32.6 Å². The van der Waals surface area contributed by atoms with Crippen LogP contribution in [0.2, 0.25) is 0 Å². The zero-order valence-electron chi connectivity index (χ0n) is 14.3. The Labute approximate surface area is 148 Å². The molecule has 0 saturated heterocycles. The van der Waals surface area contributed by atoms with Gasteiger partial charge in [-0.1, -0.05) is 42.0 Å². The molecule has 3 nitrogen and oxygen atoms in total. The van der Waals surface area contributed by atoms with Crippen molar-refractivity contribution in [3.8, 4) is 0 Å². The molecule has 1 heterocycles. The third kappa shape index (κ3) is 3.54. The molecule has 26 heavy (non-hydrogen) atoms. The number of aryl methyl sites for hydroxylation is 2. The van der Waals surface area contributed by atoms with Crippen LogP contribution >= 0.6 is 0 Å². The van der Waals surface area contributed by atoms with Crippen LogP contribution < -0.4 is 5.32 Å². The van der Waals surface area contributed by atoms with Crippen LogP contribution in [0.4, 0.5) is 13.2 Å². The molecule has 0 radical (unpaired) electrons. The molecule has 0 atom stereocenters. The fraction of sp³-hybridized carbons (Fsp3) is 0.200. The van der Waals surface area contributed by atoms with E-state index in [-0.39, 0.29) is 17.4 Å². The van der Waals surface area contributed by atoms with Crippen LogP contribution in [-0.2, 0) is 12.7 Å². The number of amides is 1. The minimum absolute atomic E-state index is 0.0841. The summed E-state index contributed by atoms with van der Waals surface area (Å²) in [5.41, 5.74) is 1.67. The first-order chi connectivity index (χ1) is 12.3. The van der Waals surface area contributed by atoms with Crippen LogP contribution in [0.25, 0.3) is 10.9 Å².